The number of hydrogen-bond acceptors (Lipinski definition) is 11. The first kappa shape index (κ1) is 30.3. The van der Waals surface area contributed by atoms with Gasteiger partial charge in [-0.05, 0) is 55.4 Å². The number of carbonyl (C=O) groups is 4. The van der Waals surface area contributed by atoms with Crippen molar-refractivity contribution in [2.24, 2.45) is 10.9 Å². The van der Waals surface area contributed by atoms with E-state index in [1.54, 1.807) is 41.5 Å². The van der Waals surface area contributed by atoms with E-state index >= 15 is 0 Å². The number of amides is 3. The van der Waals surface area contributed by atoms with Crippen molar-refractivity contribution < 1.29 is 33.5 Å². The molecule has 1 saturated heterocycles. The molecule has 0 bridgehead atoms. The highest BCUT2D eigenvalue weighted by atomic mass is 35.5. The van der Waals surface area contributed by atoms with Gasteiger partial charge < -0.3 is 30.7 Å². The number of hydrogen-bond donors (Lipinski definition) is 4. The maximum absolute atomic E-state index is 13.2. The van der Waals surface area contributed by atoms with E-state index < -0.39 is 58.5 Å². The molecule has 0 radical (unpaired) electrons. The molecule has 1 aliphatic rings. The van der Waals surface area contributed by atoms with Crippen LogP contribution in [0.15, 0.2) is 5.16 Å². The van der Waals surface area contributed by atoms with Gasteiger partial charge in [0.05, 0.1) is 6.04 Å². The number of esters is 1. The number of halogens is 1. The molecular weight excluding hydrogens is 528 g/mol. The van der Waals surface area contributed by atoms with Gasteiger partial charge in [0, 0.05) is 6.54 Å². The smallest absolute Gasteiger partial charge is 0.413 e. The molecule has 0 saturated carbocycles. The van der Waals surface area contributed by atoms with Gasteiger partial charge in [-0.2, -0.15) is 0 Å². The van der Waals surface area contributed by atoms with E-state index in [0.717, 1.165) is 11.3 Å². The summed E-state index contributed by atoms with van der Waals surface area (Å²) in [5.74, 6) is -2.04. The Labute approximate surface area is 223 Å². The molecule has 13 nitrogen and oxygen atoms in total. The maximum atomic E-state index is 13.2. The molecule has 5 N–H and O–H groups in total. The molecule has 1 aromatic rings. The summed E-state index contributed by atoms with van der Waals surface area (Å²) >= 11 is 7.17. The molecule has 0 spiro atoms. The Balaban J connectivity index is 2.37. The van der Waals surface area contributed by atoms with Crippen molar-refractivity contribution in [2.75, 3.05) is 11.9 Å². The second-order valence-corrected chi connectivity index (χ2v) is 12.2. The lowest BCUT2D eigenvalue weighted by atomic mass is 9.99. The van der Waals surface area contributed by atoms with Crippen LogP contribution in [0.4, 0.5) is 9.93 Å². The molecule has 15 heteroatoms. The summed E-state index contributed by atoms with van der Waals surface area (Å²) in [6.07, 6.45) is -0.786. The highest BCUT2D eigenvalue weighted by Gasteiger charge is 2.41. The van der Waals surface area contributed by atoms with Crippen LogP contribution in [0.25, 0.3) is 0 Å². The summed E-state index contributed by atoms with van der Waals surface area (Å²) in [4.78, 5) is 59.4. The van der Waals surface area contributed by atoms with E-state index in [9.17, 15) is 19.2 Å². The van der Waals surface area contributed by atoms with Crippen molar-refractivity contribution in [3.63, 3.8) is 0 Å². The highest BCUT2D eigenvalue weighted by molar-refractivity contribution is 7.20. The predicted molar refractivity (Wildman–Crippen MR) is 137 cm³/mol. The molecule has 2 heterocycles. The first-order valence-electron chi connectivity index (χ1n) is 11.3. The van der Waals surface area contributed by atoms with Gasteiger partial charge in [0.25, 0.3) is 5.91 Å². The number of oxime groups is 1. The minimum absolute atomic E-state index is 0.0161. The fraction of sp³-hybridized carbons (Fsp3) is 0.636. The molecule has 2 atom stereocenters. The van der Waals surface area contributed by atoms with Crippen LogP contribution in [0.3, 0.4) is 0 Å². The van der Waals surface area contributed by atoms with E-state index in [-0.39, 0.29) is 21.7 Å². The van der Waals surface area contributed by atoms with Crippen molar-refractivity contribution in [1.29, 1.82) is 0 Å². The van der Waals surface area contributed by atoms with Crippen LogP contribution in [-0.4, -0.2) is 70.0 Å². The molecule has 2 rings (SSSR count). The molecule has 0 aromatic carbocycles. The Morgan fingerprint density at radius 2 is 1.70 bits per heavy atom. The number of nitrogens with two attached hydrogens (primary N) is 1. The van der Waals surface area contributed by atoms with E-state index in [1.807, 2.05) is 0 Å². The minimum atomic E-state index is -1.60. The van der Waals surface area contributed by atoms with E-state index in [1.165, 1.54) is 13.8 Å². The zero-order chi connectivity index (χ0) is 28.3. The second kappa shape index (κ2) is 11.2. The number of nitrogens with zero attached hydrogens (tertiary/aromatic N) is 2. The van der Waals surface area contributed by atoms with E-state index in [4.69, 9.17) is 31.6 Å². The Bertz CT molecular complexity index is 1090. The van der Waals surface area contributed by atoms with Crippen LogP contribution in [0.2, 0.25) is 4.34 Å². The summed E-state index contributed by atoms with van der Waals surface area (Å²) < 4.78 is 10.5. The van der Waals surface area contributed by atoms with Gasteiger partial charge in [-0.1, -0.05) is 28.1 Å². The summed E-state index contributed by atoms with van der Waals surface area (Å²) in [5.41, 5.74) is 1.86. The predicted octanol–water partition coefficient (Wildman–Crippen LogP) is 1.93. The zero-order valence-corrected chi connectivity index (χ0v) is 23.5. The van der Waals surface area contributed by atoms with Gasteiger partial charge in [0.1, 0.15) is 27.3 Å². The largest absolute Gasteiger partial charge is 0.457 e. The van der Waals surface area contributed by atoms with E-state index in [0.29, 0.717) is 0 Å². The lowest BCUT2D eigenvalue weighted by Gasteiger charge is -2.36. The van der Waals surface area contributed by atoms with Crippen molar-refractivity contribution in [2.45, 2.75) is 84.3 Å². The molecule has 206 valence electrons. The lowest BCUT2D eigenvalue weighted by Crippen LogP contribution is -2.71. The molecular formula is C22H33ClN6O7S. The van der Waals surface area contributed by atoms with Gasteiger partial charge in [-0.3, -0.25) is 14.9 Å². The summed E-state index contributed by atoms with van der Waals surface area (Å²) in [5, 5.41) is 11.4. The van der Waals surface area contributed by atoms with Crippen molar-refractivity contribution in [3.05, 3.63) is 10.0 Å². The Morgan fingerprint density at radius 1 is 1.11 bits per heavy atom. The van der Waals surface area contributed by atoms with Crippen LogP contribution in [0.5, 0.6) is 0 Å². The van der Waals surface area contributed by atoms with Crippen LogP contribution >= 0.6 is 22.9 Å². The second-order valence-electron chi connectivity index (χ2n) is 10.6. The third-order valence-electron chi connectivity index (χ3n) is 4.44. The Morgan fingerprint density at radius 3 is 2.22 bits per heavy atom. The average molecular weight is 561 g/mol. The maximum Gasteiger partial charge on any atom is 0.413 e. The van der Waals surface area contributed by atoms with Crippen molar-refractivity contribution >= 4 is 57.7 Å². The van der Waals surface area contributed by atoms with E-state index in [2.05, 4.69) is 26.1 Å². The van der Waals surface area contributed by atoms with Gasteiger partial charge in [0.15, 0.2) is 10.8 Å². The summed E-state index contributed by atoms with van der Waals surface area (Å²) in [7, 11) is 0. The Hall–Kier alpha value is -2.97. The monoisotopic (exact) mass is 560 g/mol. The van der Waals surface area contributed by atoms with Crippen molar-refractivity contribution in [1.82, 2.24) is 15.6 Å². The minimum Gasteiger partial charge on any atom is -0.457 e. The first-order valence-corrected chi connectivity index (χ1v) is 12.5. The number of thiazole rings is 1. The molecule has 37 heavy (non-hydrogen) atoms. The quantitative estimate of drug-likeness (QED) is 0.160. The van der Waals surface area contributed by atoms with Gasteiger partial charge >= 0.3 is 12.1 Å². The van der Waals surface area contributed by atoms with Gasteiger partial charge in [-0.25, -0.2) is 14.6 Å². The topological polar surface area (TPSA) is 183 Å². The molecule has 1 aliphatic heterocycles. The zero-order valence-electron chi connectivity index (χ0n) is 22.0. The van der Waals surface area contributed by atoms with Crippen LogP contribution in [0.1, 0.15) is 61.1 Å². The Kier molecular flexibility index (Phi) is 9.15. The summed E-state index contributed by atoms with van der Waals surface area (Å²) in [6, 6.07) is -1.40. The number of ether oxygens (including phenoxy) is 2. The van der Waals surface area contributed by atoms with Crippen LogP contribution in [0, 0.1) is 0 Å². The third kappa shape index (κ3) is 8.54. The standard InChI is InChI=1S/C22H33ClN6O7S/c1-20(2,3)34-17(32)22(7,8)36-29-13(16(31)26-11-10(9-24)25-15(11)30)12-14(23)37-18(27-12)28-19(33)35-21(4,5)6/h10-11H,9,24H2,1-8H3,(H,25,30)(H,26,31)(H,27,28,33)/b29-13-/t10-,11-/m0/s1. The van der Waals surface area contributed by atoms with Crippen molar-refractivity contribution in [3.8, 4) is 0 Å². The SMILES string of the molecule is CC(C)(C)OC(=O)Nc1nc(/C(=N/OC(C)(C)C(=O)OC(C)(C)C)C(=O)N[C@@H]2C(=O)N[C@H]2CN)c(Cl)s1. The highest BCUT2D eigenvalue weighted by Crippen LogP contribution is 2.30. The molecule has 3 amide bonds. The summed E-state index contributed by atoms with van der Waals surface area (Å²) in [6.45, 7) is 13.0. The number of β-lactam (4-membered cyclic amide) rings is 1. The first-order chi connectivity index (χ1) is 16.8. The molecule has 0 unspecified atom stereocenters. The average Bonchev–Trinajstić information content (AvgIpc) is 3.06. The third-order valence-corrected chi connectivity index (χ3v) is 5.61. The number of carbonyl (C=O) groups excluding carboxylic acids is 4. The van der Waals surface area contributed by atoms with Crippen LogP contribution < -0.4 is 21.7 Å². The molecule has 0 aliphatic carbocycles. The number of aromatic nitrogens is 1. The van der Waals surface area contributed by atoms with Gasteiger partial charge in [0.2, 0.25) is 11.5 Å². The molecule has 1 aromatic heterocycles. The van der Waals surface area contributed by atoms with Crippen LogP contribution in [-0.2, 0) is 28.7 Å². The fourth-order valence-electron chi connectivity index (χ4n) is 2.70. The molecule has 1 fully saturated rings. The van der Waals surface area contributed by atoms with Gasteiger partial charge in [-0.15, -0.1) is 0 Å². The number of rotatable bonds is 8. The lowest BCUT2D eigenvalue weighted by molar-refractivity contribution is -0.179. The fourth-order valence-corrected chi connectivity index (χ4v) is 3.73. The number of anilines is 1. The number of nitrogens with one attached hydrogen (secondary N) is 3. The normalized spacial score (nSPS) is 18.3.